The number of hydrogen-bond acceptors (Lipinski definition) is 3. The molecule has 11 heterocycles. The van der Waals surface area contributed by atoms with E-state index < -0.39 is 6.51 Å². The van der Waals surface area contributed by atoms with Gasteiger partial charge in [0.1, 0.15) is 0 Å². The van der Waals surface area contributed by atoms with E-state index in [2.05, 4.69) is 11.1 Å². The second kappa shape index (κ2) is 1.08. The standard InChI is InChI=1S/C15H11FN3.C5H5.Fe/c16-12-7-5-11(6-8-12)14-9-13(18-15(17)19-14)10-3-1-2-4-10;1-2-4-5-3-1;/h1-9H,(H2,17,18,19);1-5H;. The monoisotopic (exact) mass is 373 g/mol. The van der Waals surface area contributed by atoms with Crippen LogP contribution in [0.1, 0.15) is 5.69 Å². The molecule has 2 N–H and O–H groups in total. The zero-order chi connectivity index (χ0) is 15.8. The van der Waals surface area contributed by atoms with Gasteiger partial charge in [0.05, 0.1) is 0 Å². The molecule has 0 amide bonds. The number of aromatic nitrogens is 2. The molecule has 3 nitrogen and oxygen atoms in total. The summed E-state index contributed by atoms with van der Waals surface area (Å²) >= 11 is 0. The third kappa shape index (κ3) is 0.161. The van der Waals surface area contributed by atoms with Crippen LogP contribution in [0, 0.1) is 5.82 Å². The van der Waals surface area contributed by atoms with E-state index in [4.69, 9.17) is 10.7 Å². The van der Waals surface area contributed by atoms with Crippen LogP contribution in [0.25, 0.3) is 11.3 Å². The summed E-state index contributed by atoms with van der Waals surface area (Å²) in [6, 6.07) is 8.93. The van der Waals surface area contributed by atoms with E-state index in [0.717, 1.165) is 20.9 Å². The van der Waals surface area contributed by atoms with Crippen LogP contribution in [0.5, 0.6) is 0 Å². The number of fused-ring (bicyclic) bond motifs is 10. The summed E-state index contributed by atoms with van der Waals surface area (Å²) in [7, 11) is 0. The van der Waals surface area contributed by atoms with E-state index in [1.807, 2.05) is 12.1 Å². The van der Waals surface area contributed by atoms with Crippen LogP contribution in [-0.2, 0) is 10.8 Å². The molecule has 0 saturated carbocycles. The van der Waals surface area contributed by atoms with E-state index in [1.54, 1.807) is 0 Å². The van der Waals surface area contributed by atoms with Gasteiger partial charge in [-0.05, 0) is 0 Å². The van der Waals surface area contributed by atoms with Crippen molar-refractivity contribution in [3.05, 3.63) is 41.8 Å². The molecule has 0 radical (unpaired) electrons. The maximum atomic E-state index is 13.3. The first-order chi connectivity index (χ1) is 11.9. The molecule has 4 unspecified atom stereocenters. The normalized spacial score (nSPS) is 84.6. The third-order valence-electron chi connectivity index (χ3n) is 17.0. The number of nitrogen functional groups attached to an aromatic ring is 1. The van der Waals surface area contributed by atoms with Crippen molar-refractivity contribution >= 4 is 5.95 Å². The van der Waals surface area contributed by atoms with Gasteiger partial charge in [0.2, 0.25) is 0 Å². The van der Waals surface area contributed by atoms with Crippen LogP contribution in [0.3, 0.4) is 0 Å². The van der Waals surface area contributed by atoms with Crippen LogP contribution >= 0.6 is 0 Å². The molecule has 0 aliphatic carbocycles. The van der Waals surface area contributed by atoms with E-state index in [0.29, 0.717) is 10.3 Å². The summed E-state index contributed by atoms with van der Waals surface area (Å²) < 4.78 is 13.9. The van der Waals surface area contributed by atoms with Gasteiger partial charge in [0, 0.05) is 0 Å². The first-order valence-corrected chi connectivity index (χ1v) is 15.8. The summed E-state index contributed by atoms with van der Waals surface area (Å²) in [4.78, 5) is 20.7. The number of nitrogens with two attached hydrogens (primary N) is 1. The van der Waals surface area contributed by atoms with E-state index in [1.165, 1.54) is 51.5 Å². The zero-order valence-electron chi connectivity index (χ0n) is 13.3. The molecular weight excluding hydrogens is 357 g/mol. The molecule has 10 saturated heterocycles. The molecule has 10 aliphatic heterocycles. The Bertz CT molecular complexity index is 1470. The second-order valence-electron chi connectivity index (χ2n) is 12.7. The summed E-state index contributed by atoms with van der Waals surface area (Å²) in [5.41, 5.74) is 9.41. The van der Waals surface area contributed by atoms with Gasteiger partial charge in [-0.15, -0.1) is 0 Å². The van der Waals surface area contributed by atoms with Gasteiger partial charge in [-0.3, -0.25) is 0 Å². The minimum atomic E-state index is -3.23. The molecule has 0 bridgehead atoms. The van der Waals surface area contributed by atoms with Crippen molar-refractivity contribution in [1.82, 2.24) is 9.97 Å². The van der Waals surface area contributed by atoms with Crippen LogP contribution in [0.2, 0.25) is 43.3 Å². The molecule has 1 aromatic carbocycles. The van der Waals surface area contributed by atoms with Crippen LogP contribution in [-0.4, -0.2) is 9.97 Å². The second-order valence-corrected chi connectivity index (χ2v) is 36.2. The Balaban J connectivity index is 1.23. The predicted molar refractivity (Wildman–Crippen MR) is 87.3 cm³/mol. The molecular formula is C20H16FFeN3. The quantitative estimate of drug-likeness (QED) is 0.779. The van der Waals surface area contributed by atoms with E-state index in [-0.39, 0.29) is 5.82 Å². The molecule has 4 atom stereocenters. The molecule has 126 valence electrons. The van der Waals surface area contributed by atoms with Gasteiger partial charge in [0.15, 0.2) is 0 Å². The first kappa shape index (κ1) is 10.0. The number of halogens is 1. The summed E-state index contributed by atoms with van der Waals surface area (Å²) in [5.74, 6) is 0.218. The molecule has 10 aliphatic rings. The minimum absolute atomic E-state index is 0.206. The van der Waals surface area contributed by atoms with Crippen molar-refractivity contribution in [1.29, 1.82) is 0 Å². The molecule has 12 rings (SSSR count). The Morgan fingerprint density at radius 3 is 1.96 bits per heavy atom. The summed E-state index contributed by atoms with van der Waals surface area (Å²) in [6.45, 7) is -3.23. The van der Waals surface area contributed by atoms with Crippen molar-refractivity contribution in [3.63, 3.8) is 0 Å². The fraction of sp³-hybridized carbons (Fsp3) is 0.500. The van der Waals surface area contributed by atoms with E-state index >= 15 is 0 Å². The predicted octanol–water partition coefficient (Wildman–Crippen LogP) is 4.66. The average molecular weight is 373 g/mol. The van der Waals surface area contributed by atoms with E-state index in [9.17, 15) is 4.39 Å². The number of rotatable bonds is 2. The first-order valence-electron chi connectivity index (χ1n) is 9.53. The van der Waals surface area contributed by atoms with Gasteiger partial charge in [-0.1, -0.05) is 0 Å². The van der Waals surface area contributed by atoms with Gasteiger partial charge in [-0.25, -0.2) is 0 Å². The van der Waals surface area contributed by atoms with Gasteiger partial charge in [-0.2, -0.15) is 0 Å². The van der Waals surface area contributed by atoms with Gasteiger partial charge >= 0.3 is 133 Å². The van der Waals surface area contributed by atoms with Gasteiger partial charge in [0.25, 0.3) is 0 Å². The molecule has 5 heteroatoms. The Kier molecular flexibility index (Phi) is 0.433. The van der Waals surface area contributed by atoms with Crippen molar-refractivity contribution in [2.75, 3.05) is 5.73 Å². The maximum absolute atomic E-state index is 13.3. The molecule has 1 spiro atoms. The average Bonchev–Trinajstić information content (AvgIpc) is 3.54. The third-order valence-corrected chi connectivity index (χ3v) is 59.3. The molecule has 25 heavy (non-hydrogen) atoms. The molecule has 10 fully saturated rings. The Morgan fingerprint density at radius 1 is 0.880 bits per heavy atom. The van der Waals surface area contributed by atoms with Crippen LogP contribution in [0.4, 0.5) is 10.3 Å². The van der Waals surface area contributed by atoms with Gasteiger partial charge < -0.3 is 0 Å². The fourth-order valence-electron chi connectivity index (χ4n) is 18.3. The van der Waals surface area contributed by atoms with Crippen molar-refractivity contribution < 1.29 is 10.9 Å². The SMILES string of the molecule is Nc1nc(-c2ccc(F)cc2)cc([C]23[CH]4[CH]5[CH]6[CH]2[Fe]56432789[CH]3[CH]2[CH]7[CH]8[CH]39)n1. The molecule has 1 aromatic heterocycles. The number of anilines is 1. The van der Waals surface area contributed by atoms with Crippen molar-refractivity contribution in [3.8, 4) is 11.3 Å². The van der Waals surface area contributed by atoms with Crippen LogP contribution in [0.15, 0.2) is 30.3 Å². The fourth-order valence-corrected chi connectivity index (χ4v) is 92.3. The molecule has 2 aromatic rings. The zero-order valence-corrected chi connectivity index (χ0v) is 14.4. The topological polar surface area (TPSA) is 51.8 Å². The Labute approximate surface area is 133 Å². The Hall–Kier alpha value is -1.45. The Morgan fingerprint density at radius 2 is 1.48 bits per heavy atom. The number of hydrogen-bond donors (Lipinski definition) is 1. The summed E-state index contributed by atoms with van der Waals surface area (Å²) in [6.07, 6.45) is 0. The van der Waals surface area contributed by atoms with Crippen molar-refractivity contribution in [2.45, 2.75) is 47.7 Å². The van der Waals surface area contributed by atoms with Crippen LogP contribution < -0.4 is 5.73 Å². The van der Waals surface area contributed by atoms with Crippen molar-refractivity contribution in [2.24, 2.45) is 0 Å². The number of nitrogens with zero attached hydrogens (tertiary/aromatic N) is 2. The number of benzene rings is 1. The summed E-state index contributed by atoms with van der Waals surface area (Å²) in [5, 5.41) is 0.